The van der Waals surface area contributed by atoms with Crippen LogP contribution in [0.2, 0.25) is 0 Å². The maximum absolute atomic E-state index is 14.1. The van der Waals surface area contributed by atoms with E-state index in [2.05, 4.69) is 34.4 Å². The summed E-state index contributed by atoms with van der Waals surface area (Å²) < 4.78 is 76.2. The van der Waals surface area contributed by atoms with Gasteiger partial charge in [0.2, 0.25) is 5.95 Å². The Morgan fingerprint density at radius 1 is 1.23 bits per heavy atom. The maximum Gasteiger partial charge on any atom is 0.416 e. The molecule has 0 spiro atoms. The van der Waals surface area contributed by atoms with E-state index in [1.54, 1.807) is 24.0 Å². The molecule has 0 saturated carbocycles. The molecule has 48 heavy (non-hydrogen) atoms. The number of carbonyl (C=O) groups excluding carboxylic acids is 1. The second kappa shape index (κ2) is 15.8. The van der Waals surface area contributed by atoms with Gasteiger partial charge in [0.25, 0.3) is 0 Å². The van der Waals surface area contributed by atoms with Crippen molar-refractivity contribution in [2.75, 3.05) is 47.3 Å². The van der Waals surface area contributed by atoms with Gasteiger partial charge in [-0.15, -0.1) is 5.73 Å². The molecule has 0 radical (unpaired) electrons. The van der Waals surface area contributed by atoms with Gasteiger partial charge in [-0.3, -0.25) is 4.90 Å². The minimum absolute atomic E-state index is 0.0707. The highest BCUT2D eigenvalue weighted by molar-refractivity contribution is 7.90. The SMILES string of the molecule is CCOC(=O)N1c2ccc(C(F)(F)F)cc2[C@@H](N(CC2=CC(CCS)=C=CC(C#N)=C2)c2ncc(OCCS(C)(=O)=O)cn2)C[C@H]1CC. The predicted octanol–water partition coefficient (Wildman–Crippen LogP) is 6.40. The third-order valence-corrected chi connectivity index (χ3v) is 8.85. The van der Waals surface area contributed by atoms with Crippen molar-refractivity contribution in [2.24, 2.45) is 0 Å². The van der Waals surface area contributed by atoms with Gasteiger partial charge in [0.05, 0.1) is 53.7 Å². The van der Waals surface area contributed by atoms with E-state index in [1.807, 2.05) is 13.0 Å². The van der Waals surface area contributed by atoms with Gasteiger partial charge in [-0.25, -0.2) is 23.2 Å². The van der Waals surface area contributed by atoms with Crippen LogP contribution in [0.3, 0.4) is 0 Å². The first-order chi connectivity index (χ1) is 22.8. The number of aromatic nitrogens is 2. The normalized spacial score (nSPS) is 17.7. The van der Waals surface area contributed by atoms with Crippen LogP contribution < -0.4 is 14.5 Å². The van der Waals surface area contributed by atoms with Crippen LogP contribution in [0.25, 0.3) is 0 Å². The van der Waals surface area contributed by atoms with Gasteiger partial charge in [0.15, 0.2) is 15.6 Å². The summed E-state index contributed by atoms with van der Waals surface area (Å²) in [4.78, 5) is 25.3. The maximum atomic E-state index is 14.1. The molecule has 0 fully saturated rings. The number of thiol groups is 1. The summed E-state index contributed by atoms with van der Waals surface area (Å²) >= 11 is 4.33. The summed E-state index contributed by atoms with van der Waals surface area (Å²) in [5, 5.41) is 9.74. The number of benzene rings is 1. The number of hydrogen-bond donors (Lipinski definition) is 1. The van der Waals surface area contributed by atoms with E-state index in [-0.39, 0.29) is 54.9 Å². The lowest BCUT2D eigenvalue weighted by molar-refractivity contribution is -0.137. The number of nitriles is 1. The monoisotopic (exact) mass is 703 g/mol. The quantitative estimate of drug-likeness (QED) is 0.197. The zero-order valence-corrected chi connectivity index (χ0v) is 28.4. The first-order valence-corrected chi connectivity index (χ1v) is 17.9. The minimum atomic E-state index is -4.66. The molecule has 1 aromatic carbocycles. The van der Waals surface area contributed by atoms with Crippen molar-refractivity contribution in [1.82, 2.24) is 9.97 Å². The van der Waals surface area contributed by atoms with Gasteiger partial charge in [-0.05, 0) is 85.1 Å². The third kappa shape index (κ3) is 9.21. The molecule has 1 amide bonds. The van der Waals surface area contributed by atoms with E-state index in [9.17, 15) is 31.6 Å². The van der Waals surface area contributed by atoms with Crippen LogP contribution in [0.4, 0.5) is 29.6 Å². The fourth-order valence-electron chi connectivity index (χ4n) is 5.49. The Hall–Kier alpha value is -4.25. The molecule has 2 heterocycles. The van der Waals surface area contributed by atoms with E-state index in [0.717, 1.165) is 24.0 Å². The number of ether oxygens (including phenoxy) is 2. The molecule has 1 aliphatic carbocycles. The van der Waals surface area contributed by atoms with Crippen LogP contribution in [0.5, 0.6) is 5.75 Å². The van der Waals surface area contributed by atoms with E-state index in [0.29, 0.717) is 29.7 Å². The number of rotatable bonds is 12. The fourth-order valence-corrected chi connectivity index (χ4v) is 6.12. The molecule has 10 nitrogen and oxygen atoms in total. The van der Waals surface area contributed by atoms with Crippen LogP contribution in [0.1, 0.15) is 50.3 Å². The second-order valence-corrected chi connectivity index (χ2v) is 13.9. The molecular weight excluding hydrogens is 668 g/mol. The number of halogens is 3. The van der Waals surface area contributed by atoms with Gasteiger partial charge in [0, 0.05) is 18.8 Å². The van der Waals surface area contributed by atoms with Crippen LogP contribution in [0, 0.1) is 11.3 Å². The van der Waals surface area contributed by atoms with Gasteiger partial charge in [0.1, 0.15) is 6.61 Å². The molecular formula is C33H36F3N5O5S2. The molecule has 2 aliphatic rings. The Morgan fingerprint density at radius 3 is 2.56 bits per heavy atom. The highest BCUT2D eigenvalue weighted by Gasteiger charge is 2.41. The van der Waals surface area contributed by atoms with Crippen LogP contribution in [-0.2, 0) is 20.8 Å². The molecule has 0 unspecified atom stereocenters. The highest BCUT2D eigenvalue weighted by Crippen LogP contribution is 2.45. The Morgan fingerprint density at radius 2 is 1.96 bits per heavy atom. The number of anilines is 2. The van der Waals surface area contributed by atoms with Gasteiger partial charge in [-0.1, -0.05) is 6.92 Å². The van der Waals surface area contributed by atoms with E-state index < -0.39 is 39.8 Å². The Kier molecular flexibility index (Phi) is 12.0. The van der Waals surface area contributed by atoms with Crippen LogP contribution in [0.15, 0.2) is 71.3 Å². The van der Waals surface area contributed by atoms with Crippen molar-refractivity contribution in [3.63, 3.8) is 0 Å². The summed E-state index contributed by atoms with van der Waals surface area (Å²) in [6.07, 6.45) is 4.82. The highest BCUT2D eigenvalue weighted by atomic mass is 32.2. The number of sulfone groups is 1. The largest absolute Gasteiger partial charge is 0.489 e. The summed E-state index contributed by atoms with van der Waals surface area (Å²) in [7, 11) is -3.27. The second-order valence-electron chi connectivity index (χ2n) is 11.2. The third-order valence-electron chi connectivity index (χ3n) is 7.72. The van der Waals surface area contributed by atoms with Crippen molar-refractivity contribution < 1.29 is 35.9 Å². The average Bonchev–Trinajstić information content (AvgIpc) is 3.23. The molecule has 15 heteroatoms. The van der Waals surface area contributed by atoms with Gasteiger partial charge in [-0.2, -0.15) is 31.1 Å². The standard InChI is InChI=1S/C33H36F3N5O5S2/c1-4-26-17-30(28-16-25(33(34,35)36)8-9-29(28)41(26)32(42)45-5-2)40(21-24-14-22(10-12-47)6-7-23(15-24)18-37)31-38-19-27(20-39-31)46-11-13-48(3,43)44/h7-9,14-16,19-20,26,30,47H,4-5,10-13,17,21H2,1-3H3/t26-,30+/m1/s1. The lowest BCUT2D eigenvalue weighted by Crippen LogP contribution is -2.48. The van der Waals surface area contributed by atoms with Crippen molar-refractivity contribution in [3.8, 4) is 11.8 Å². The van der Waals surface area contributed by atoms with E-state index >= 15 is 0 Å². The molecule has 4 rings (SSSR count). The number of fused-ring (bicyclic) bond motifs is 1. The Labute approximate surface area is 283 Å². The number of amides is 1. The molecule has 2 aromatic rings. The number of alkyl halides is 3. The summed E-state index contributed by atoms with van der Waals surface area (Å²) in [6.45, 7) is 3.57. The Bertz CT molecular complexity index is 1780. The summed E-state index contributed by atoms with van der Waals surface area (Å²) in [6, 6.07) is 4.19. The summed E-state index contributed by atoms with van der Waals surface area (Å²) in [5.74, 6) is 0.652. The number of carbonyl (C=O) groups is 1. The fraction of sp³-hybridized carbons (Fsp3) is 0.424. The first-order valence-electron chi connectivity index (χ1n) is 15.2. The smallest absolute Gasteiger partial charge is 0.416 e. The summed E-state index contributed by atoms with van der Waals surface area (Å²) in [5.41, 5.74) is 4.48. The number of hydrogen-bond acceptors (Lipinski definition) is 10. The molecule has 0 bridgehead atoms. The topological polar surface area (TPSA) is 126 Å². The Balaban J connectivity index is 1.87. The molecule has 0 N–H and O–H groups in total. The zero-order valence-electron chi connectivity index (χ0n) is 26.7. The van der Waals surface area contributed by atoms with E-state index in [4.69, 9.17) is 9.47 Å². The van der Waals surface area contributed by atoms with Crippen molar-refractivity contribution in [2.45, 2.75) is 51.4 Å². The van der Waals surface area contributed by atoms with Crippen molar-refractivity contribution in [3.05, 3.63) is 82.4 Å². The van der Waals surface area contributed by atoms with E-state index in [1.165, 1.54) is 23.4 Å². The molecule has 1 aromatic heterocycles. The van der Waals surface area contributed by atoms with Crippen molar-refractivity contribution >= 4 is 40.2 Å². The number of allylic oxidation sites excluding steroid dienone is 3. The lowest BCUT2D eigenvalue weighted by Gasteiger charge is -2.44. The van der Waals surface area contributed by atoms with Gasteiger partial charge < -0.3 is 14.4 Å². The zero-order chi connectivity index (χ0) is 35.1. The van der Waals surface area contributed by atoms with Crippen LogP contribution in [-0.4, -0.2) is 68.0 Å². The molecule has 2 atom stereocenters. The molecule has 0 saturated heterocycles. The van der Waals surface area contributed by atoms with Crippen molar-refractivity contribution in [1.29, 1.82) is 5.26 Å². The lowest BCUT2D eigenvalue weighted by atomic mass is 9.87. The van der Waals surface area contributed by atoms with Gasteiger partial charge >= 0.3 is 12.3 Å². The van der Waals surface area contributed by atoms with Crippen LogP contribution >= 0.6 is 12.6 Å². The number of nitrogens with zero attached hydrogens (tertiary/aromatic N) is 5. The first kappa shape index (κ1) is 36.6. The average molecular weight is 704 g/mol. The molecule has 256 valence electrons. The molecule has 1 aliphatic heterocycles. The predicted molar refractivity (Wildman–Crippen MR) is 179 cm³/mol. The minimum Gasteiger partial charge on any atom is -0.489 e.